The molecule has 0 atom stereocenters. The second kappa shape index (κ2) is 9.22. The van der Waals surface area contributed by atoms with Crippen LogP contribution in [-0.4, -0.2) is 54.6 Å². The standard InChI is InChI=1S/C20H23FN4O/c21-19-8-6-17(7-9-19)14-22-23-20(26)16-25-12-10-24(11-13-25)15-18-4-2-1-3-5-18/h1-9,14H,10-13,15-16H2,(H,23,26)/b22-14+. The van der Waals surface area contributed by atoms with Crippen LogP contribution >= 0.6 is 0 Å². The molecule has 136 valence electrons. The van der Waals surface area contributed by atoms with E-state index in [0.29, 0.717) is 6.54 Å². The van der Waals surface area contributed by atoms with Gasteiger partial charge in [-0.05, 0) is 23.3 Å². The largest absolute Gasteiger partial charge is 0.297 e. The molecule has 26 heavy (non-hydrogen) atoms. The van der Waals surface area contributed by atoms with Crippen LogP contribution in [0.1, 0.15) is 11.1 Å². The second-order valence-corrected chi connectivity index (χ2v) is 6.38. The molecule has 0 saturated carbocycles. The first-order valence-corrected chi connectivity index (χ1v) is 8.75. The van der Waals surface area contributed by atoms with Gasteiger partial charge in [-0.3, -0.25) is 14.6 Å². The highest BCUT2D eigenvalue weighted by Crippen LogP contribution is 2.08. The van der Waals surface area contributed by atoms with Gasteiger partial charge in [-0.15, -0.1) is 0 Å². The Morgan fingerprint density at radius 3 is 2.35 bits per heavy atom. The highest BCUT2D eigenvalue weighted by Gasteiger charge is 2.18. The van der Waals surface area contributed by atoms with Crippen molar-refractivity contribution in [3.05, 3.63) is 71.5 Å². The van der Waals surface area contributed by atoms with Crippen molar-refractivity contribution in [1.29, 1.82) is 0 Å². The van der Waals surface area contributed by atoms with Crippen molar-refractivity contribution in [2.45, 2.75) is 6.54 Å². The molecule has 1 aliphatic heterocycles. The van der Waals surface area contributed by atoms with Gasteiger partial charge < -0.3 is 0 Å². The summed E-state index contributed by atoms with van der Waals surface area (Å²) in [6.07, 6.45) is 1.51. The van der Waals surface area contributed by atoms with Crippen molar-refractivity contribution in [2.75, 3.05) is 32.7 Å². The fourth-order valence-corrected chi connectivity index (χ4v) is 2.91. The van der Waals surface area contributed by atoms with Crippen LogP contribution in [0, 0.1) is 5.82 Å². The first kappa shape index (κ1) is 18.2. The van der Waals surface area contributed by atoms with E-state index in [9.17, 15) is 9.18 Å². The van der Waals surface area contributed by atoms with Gasteiger partial charge >= 0.3 is 0 Å². The predicted octanol–water partition coefficient (Wildman–Crippen LogP) is 2.09. The van der Waals surface area contributed by atoms with Gasteiger partial charge in [-0.25, -0.2) is 9.82 Å². The number of amides is 1. The monoisotopic (exact) mass is 354 g/mol. The number of hydrazone groups is 1. The van der Waals surface area contributed by atoms with E-state index in [0.717, 1.165) is 38.3 Å². The lowest BCUT2D eigenvalue weighted by molar-refractivity contribution is -0.122. The van der Waals surface area contributed by atoms with Gasteiger partial charge in [0.15, 0.2) is 0 Å². The third-order valence-electron chi connectivity index (χ3n) is 4.35. The molecule has 0 aromatic heterocycles. The number of benzene rings is 2. The Labute approximate surface area is 153 Å². The van der Waals surface area contributed by atoms with Crippen molar-refractivity contribution in [2.24, 2.45) is 5.10 Å². The molecule has 0 bridgehead atoms. The first-order chi connectivity index (χ1) is 12.7. The fourth-order valence-electron chi connectivity index (χ4n) is 2.91. The van der Waals surface area contributed by atoms with E-state index < -0.39 is 0 Å². The Hall–Kier alpha value is -2.57. The first-order valence-electron chi connectivity index (χ1n) is 8.75. The molecule has 6 heteroatoms. The van der Waals surface area contributed by atoms with E-state index in [4.69, 9.17) is 0 Å². The zero-order valence-electron chi connectivity index (χ0n) is 14.6. The van der Waals surface area contributed by atoms with Gasteiger partial charge in [0.1, 0.15) is 5.82 Å². The number of hydrogen-bond acceptors (Lipinski definition) is 4. The zero-order chi connectivity index (χ0) is 18.2. The number of carbonyl (C=O) groups excluding carboxylic acids is 1. The summed E-state index contributed by atoms with van der Waals surface area (Å²) in [5, 5.41) is 3.92. The summed E-state index contributed by atoms with van der Waals surface area (Å²) in [5.41, 5.74) is 4.58. The third kappa shape index (κ3) is 5.75. The summed E-state index contributed by atoms with van der Waals surface area (Å²) in [6, 6.07) is 16.4. The molecule has 0 spiro atoms. The molecule has 1 N–H and O–H groups in total. The summed E-state index contributed by atoms with van der Waals surface area (Å²) in [5.74, 6) is -0.433. The van der Waals surface area contributed by atoms with E-state index in [1.54, 1.807) is 12.1 Å². The predicted molar refractivity (Wildman–Crippen MR) is 100 cm³/mol. The quantitative estimate of drug-likeness (QED) is 0.638. The summed E-state index contributed by atoms with van der Waals surface area (Å²) in [4.78, 5) is 16.5. The van der Waals surface area contributed by atoms with Crippen molar-refractivity contribution in [3.8, 4) is 0 Å². The number of carbonyl (C=O) groups is 1. The second-order valence-electron chi connectivity index (χ2n) is 6.38. The Kier molecular flexibility index (Phi) is 6.46. The summed E-state index contributed by atoms with van der Waals surface area (Å²) >= 11 is 0. The molecule has 0 radical (unpaired) electrons. The van der Waals surface area contributed by atoms with Crippen molar-refractivity contribution in [3.63, 3.8) is 0 Å². The lowest BCUT2D eigenvalue weighted by Crippen LogP contribution is -2.48. The van der Waals surface area contributed by atoms with Gasteiger partial charge in [-0.1, -0.05) is 42.5 Å². The molecule has 1 aliphatic rings. The number of nitrogens with zero attached hydrogens (tertiary/aromatic N) is 3. The minimum atomic E-state index is -0.294. The molecule has 0 unspecified atom stereocenters. The highest BCUT2D eigenvalue weighted by molar-refractivity contribution is 5.83. The minimum Gasteiger partial charge on any atom is -0.297 e. The molecular weight excluding hydrogens is 331 g/mol. The van der Waals surface area contributed by atoms with Crippen LogP contribution in [0.3, 0.4) is 0 Å². The van der Waals surface area contributed by atoms with E-state index in [-0.39, 0.29) is 11.7 Å². The molecular formula is C20H23FN4O. The zero-order valence-corrected chi connectivity index (χ0v) is 14.6. The van der Waals surface area contributed by atoms with Crippen LogP contribution in [0.5, 0.6) is 0 Å². The highest BCUT2D eigenvalue weighted by atomic mass is 19.1. The maximum atomic E-state index is 12.8. The van der Waals surface area contributed by atoms with Gasteiger partial charge in [0.2, 0.25) is 0 Å². The van der Waals surface area contributed by atoms with Crippen molar-refractivity contribution in [1.82, 2.24) is 15.2 Å². The van der Waals surface area contributed by atoms with Gasteiger partial charge in [-0.2, -0.15) is 5.10 Å². The normalized spacial score (nSPS) is 16.0. The molecule has 3 rings (SSSR count). The fraction of sp³-hybridized carbons (Fsp3) is 0.300. The molecule has 5 nitrogen and oxygen atoms in total. The van der Waals surface area contributed by atoms with Crippen LogP contribution in [0.2, 0.25) is 0 Å². The number of nitrogens with one attached hydrogen (secondary N) is 1. The number of halogens is 1. The van der Waals surface area contributed by atoms with Crippen LogP contribution < -0.4 is 5.43 Å². The summed E-state index contributed by atoms with van der Waals surface area (Å²) in [7, 11) is 0. The molecule has 1 heterocycles. The van der Waals surface area contributed by atoms with Gasteiger partial charge in [0.25, 0.3) is 5.91 Å². The molecule has 1 saturated heterocycles. The maximum Gasteiger partial charge on any atom is 0.254 e. The topological polar surface area (TPSA) is 47.9 Å². The van der Waals surface area contributed by atoms with E-state index in [1.165, 1.54) is 23.9 Å². The van der Waals surface area contributed by atoms with E-state index in [2.05, 4.69) is 44.6 Å². The Bertz CT molecular complexity index is 725. The average Bonchev–Trinajstić information content (AvgIpc) is 2.66. The van der Waals surface area contributed by atoms with Crippen LogP contribution in [-0.2, 0) is 11.3 Å². The number of piperazine rings is 1. The average molecular weight is 354 g/mol. The van der Waals surface area contributed by atoms with Crippen LogP contribution in [0.25, 0.3) is 0 Å². The molecule has 1 fully saturated rings. The summed E-state index contributed by atoms with van der Waals surface area (Å²) < 4.78 is 12.8. The minimum absolute atomic E-state index is 0.139. The van der Waals surface area contributed by atoms with Gasteiger partial charge in [0, 0.05) is 32.7 Å². The number of rotatable bonds is 6. The molecule has 1 amide bonds. The molecule has 0 aliphatic carbocycles. The van der Waals surface area contributed by atoms with E-state index in [1.807, 2.05) is 6.07 Å². The Morgan fingerprint density at radius 2 is 1.65 bits per heavy atom. The Morgan fingerprint density at radius 1 is 1.00 bits per heavy atom. The Balaban J connectivity index is 1.37. The number of hydrogen-bond donors (Lipinski definition) is 1. The van der Waals surface area contributed by atoms with Gasteiger partial charge in [0.05, 0.1) is 12.8 Å². The van der Waals surface area contributed by atoms with Crippen molar-refractivity contribution >= 4 is 12.1 Å². The van der Waals surface area contributed by atoms with Crippen LogP contribution in [0.15, 0.2) is 59.7 Å². The lowest BCUT2D eigenvalue weighted by Gasteiger charge is -2.34. The SMILES string of the molecule is O=C(CN1CCN(Cc2ccccc2)CC1)N/N=C/c1ccc(F)cc1. The smallest absolute Gasteiger partial charge is 0.254 e. The molecule has 2 aromatic rings. The van der Waals surface area contributed by atoms with Crippen molar-refractivity contribution < 1.29 is 9.18 Å². The summed E-state index contributed by atoms with van der Waals surface area (Å²) in [6.45, 7) is 4.90. The third-order valence-corrected chi connectivity index (χ3v) is 4.35. The maximum absolute atomic E-state index is 12.8. The lowest BCUT2D eigenvalue weighted by atomic mass is 10.2. The van der Waals surface area contributed by atoms with E-state index >= 15 is 0 Å². The molecule has 2 aromatic carbocycles. The van der Waals surface area contributed by atoms with Crippen LogP contribution in [0.4, 0.5) is 4.39 Å².